The molecule has 2 aromatic heterocycles. The molecule has 5 atom stereocenters. The van der Waals surface area contributed by atoms with E-state index >= 15 is 8.78 Å². The Balaban J connectivity index is 1.21. The lowest BCUT2D eigenvalue weighted by atomic mass is 9.95. The fourth-order valence-corrected chi connectivity index (χ4v) is 9.50. The van der Waals surface area contributed by atoms with Gasteiger partial charge in [0.15, 0.2) is 12.6 Å². The van der Waals surface area contributed by atoms with E-state index in [0.717, 1.165) is 25.8 Å². The first-order valence-electron chi connectivity index (χ1n) is 19.1. The summed E-state index contributed by atoms with van der Waals surface area (Å²) in [6.07, 6.45) is 7.89. The van der Waals surface area contributed by atoms with E-state index in [4.69, 9.17) is 40.1 Å². The molecule has 5 aliphatic heterocycles. The van der Waals surface area contributed by atoms with Crippen molar-refractivity contribution in [2.45, 2.75) is 88.3 Å². The summed E-state index contributed by atoms with van der Waals surface area (Å²) in [6, 6.07) is 4.97. The Morgan fingerprint density at radius 3 is 2.71 bits per heavy atom. The van der Waals surface area contributed by atoms with Gasteiger partial charge >= 0.3 is 12.1 Å². The number of anilines is 1. The number of hydrogen-bond acceptors (Lipinski definition) is 11. The zero-order valence-corrected chi connectivity index (χ0v) is 31.7. The van der Waals surface area contributed by atoms with Crippen LogP contribution in [-0.2, 0) is 9.47 Å². The molecule has 0 radical (unpaired) electrons. The minimum Gasteiger partial charge on any atom is -0.475 e. The van der Waals surface area contributed by atoms with Crippen LogP contribution in [0.1, 0.15) is 58.4 Å². The largest absolute Gasteiger partial charge is 0.475 e. The van der Waals surface area contributed by atoms with Crippen LogP contribution in [0.25, 0.3) is 32.9 Å². The van der Waals surface area contributed by atoms with Gasteiger partial charge < -0.3 is 28.6 Å². The lowest BCUT2D eigenvalue weighted by Crippen LogP contribution is -2.63. The summed E-state index contributed by atoms with van der Waals surface area (Å²) in [7, 11) is 1.47. The van der Waals surface area contributed by atoms with Crippen LogP contribution in [0.4, 0.5) is 23.8 Å². The summed E-state index contributed by atoms with van der Waals surface area (Å²) in [5, 5.41) is 0.970. The molecule has 5 aliphatic rings. The third kappa shape index (κ3) is 6.00. The smallest absolute Gasteiger partial charge is 0.410 e. The van der Waals surface area contributed by atoms with Gasteiger partial charge in [0.25, 0.3) is 0 Å². The second-order valence-corrected chi connectivity index (χ2v) is 16.4. The Morgan fingerprint density at radius 2 is 1.93 bits per heavy atom. The fourth-order valence-electron chi connectivity index (χ4n) is 9.50. The van der Waals surface area contributed by atoms with Crippen molar-refractivity contribution in [3.63, 3.8) is 0 Å². The van der Waals surface area contributed by atoms with E-state index in [1.165, 1.54) is 25.3 Å². The monoisotopic (exact) mass is 772 g/mol. The number of aromatic nitrogens is 3. The van der Waals surface area contributed by atoms with Crippen LogP contribution in [0, 0.1) is 24.0 Å². The third-order valence-corrected chi connectivity index (χ3v) is 11.8. The Labute approximate surface area is 322 Å². The number of carbonyl (C=O) groups is 1. The summed E-state index contributed by atoms with van der Waals surface area (Å²) >= 11 is 0. The molecule has 0 aliphatic carbocycles. The molecule has 0 unspecified atom stereocenters. The molecule has 15 heteroatoms. The maximum atomic E-state index is 17.5. The molecule has 0 saturated carbocycles. The second kappa shape index (κ2) is 13.5. The van der Waals surface area contributed by atoms with Crippen molar-refractivity contribution in [2.75, 3.05) is 51.7 Å². The number of nitrogens with zero attached hydrogens (tertiary/aromatic N) is 6. The van der Waals surface area contributed by atoms with Crippen LogP contribution in [0.5, 0.6) is 17.6 Å². The standard InChI is InChI=1S/C41H43F3N6O6/c1-6-26-28(43)10-8-22-14-25(55-21-52-5)15-27(31(22)26)34-33(44)35-32-36(47-38(46-35)54-20-41-12-7-13-48(41)17-23(42)16-41)49-18-24-9-11-29(30(49)19-53-37(32)45-34)50(24)39(51)56-40(2,3)4/h1,8,10,14-15,23-24,29-30H,7,9,11-13,16-21H2,2-5H3/t23-,24-,29+,30-,41+/m1/s1. The van der Waals surface area contributed by atoms with Crippen molar-refractivity contribution in [3.8, 4) is 41.2 Å². The predicted octanol–water partition coefficient (Wildman–Crippen LogP) is 6.39. The quantitative estimate of drug-likeness (QED) is 0.154. The van der Waals surface area contributed by atoms with Gasteiger partial charge in [-0.1, -0.05) is 12.0 Å². The zero-order chi connectivity index (χ0) is 39.1. The highest BCUT2D eigenvalue weighted by molar-refractivity contribution is 6.04. The summed E-state index contributed by atoms with van der Waals surface area (Å²) in [6.45, 7) is 7.07. The second-order valence-electron chi connectivity index (χ2n) is 16.4. The number of benzene rings is 2. The van der Waals surface area contributed by atoms with Gasteiger partial charge in [0.05, 0.1) is 29.2 Å². The SMILES string of the molecule is C#Cc1c(F)ccc2cc(OCOC)cc(-c3nc4c5c(nc(OC[C@@]67CCCN6C[C@H](F)C7)nc5c3F)N3C[C@H]5CC[C@@H]([C@H]3CO4)N5C(=O)OC(C)(C)C)c12. The van der Waals surface area contributed by atoms with E-state index in [2.05, 4.69) is 15.8 Å². The summed E-state index contributed by atoms with van der Waals surface area (Å²) < 4.78 is 77.2. The van der Waals surface area contributed by atoms with E-state index in [-0.39, 0.29) is 77.1 Å². The summed E-state index contributed by atoms with van der Waals surface area (Å²) in [5.74, 6) is 1.65. The molecular weight excluding hydrogens is 729 g/mol. The zero-order valence-electron chi connectivity index (χ0n) is 31.7. The number of hydrogen-bond donors (Lipinski definition) is 0. The number of ether oxygens (including phenoxy) is 5. The van der Waals surface area contributed by atoms with Crippen LogP contribution >= 0.6 is 0 Å². The minimum absolute atomic E-state index is 0.0543. The molecule has 12 nitrogen and oxygen atoms in total. The first-order valence-corrected chi connectivity index (χ1v) is 19.1. The number of pyridine rings is 1. The summed E-state index contributed by atoms with van der Waals surface area (Å²) in [4.78, 5) is 33.9. The lowest BCUT2D eigenvalue weighted by molar-refractivity contribution is 0.00537. The topological polar surface area (TPSA) is 112 Å². The highest BCUT2D eigenvalue weighted by Gasteiger charge is 2.52. The average Bonchev–Trinajstić information content (AvgIpc) is 3.76. The van der Waals surface area contributed by atoms with Gasteiger partial charge in [0, 0.05) is 37.6 Å². The van der Waals surface area contributed by atoms with Crippen LogP contribution < -0.4 is 19.1 Å². The number of amides is 1. The van der Waals surface area contributed by atoms with Gasteiger partial charge in [-0.15, -0.1) is 6.42 Å². The molecule has 2 bridgehead atoms. The van der Waals surface area contributed by atoms with Crippen molar-refractivity contribution in [1.82, 2.24) is 24.8 Å². The van der Waals surface area contributed by atoms with Gasteiger partial charge in [-0.05, 0) is 76.6 Å². The maximum Gasteiger partial charge on any atom is 0.410 e. The van der Waals surface area contributed by atoms with E-state index in [1.54, 1.807) is 11.0 Å². The number of methoxy groups -OCH3 is 1. The molecule has 56 heavy (non-hydrogen) atoms. The number of alkyl halides is 1. The van der Waals surface area contributed by atoms with Crippen LogP contribution in [-0.4, -0.2) is 113 Å². The van der Waals surface area contributed by atoms with Gasteiger partial charge in [0.2, 0.25) is 5.88 Å². The molecule has 0 N–H and O–H groups in total. The molecular formula is C41H43F3N6O6. The molecule has 294 valence electrons. The van der Waals surface area contributed by atoms with E-state index in [0.29, 0.717) is 42.9 Å². The molecule has 9 rings (SSSR count). The first-order chi connectivity index (χ1) is 26.9. The van der Waals surface area contributed by atoms with E-state index < -0.39 is 41.1 Å². The van der Waals surface area contributed by atoms with Crippen LogP contribution in [0.15, 0.2) is 24.3 Å². The molecule has 1 amide bonds. The van der Waals surface area contributed by atoms with Gasteiger partial charge in [0.1, 0.15) is 59.0 Å². The predicted molar refractivity (Wildman–Crippen MR) is 201 cm³/mol. The van der Waals surface area contributed by atoms with Gasteiger partial charge in [-0.25, -0.2) is 22.9 Å². The van der Waals surface area contributed by atoms with Gasteiger partial charge in [-0.2, -0.15) is 9.97 Å². The molecule has 0 spiro atoms. The highest BCUT2D eigenvalue weighted by atomic mass is 19.1. The number of rotatable bonds is 7. The Kier molecular flexibility index (Phi) is 8.85. The minimum atomic E-state index is -0.972. The van der Waals surface area contributed by atoms with Crippen molar-refractivity contribution >= 4 is 33.6 Å². The molecule has 4 saturated heterocycles. The highest BCUT2D eigenvalue weighted by Crippen LogP contribution is 2.47. The molecule has 7 heterocycles. The summed E-state index contributed by atoms with van der Waals surface area (Å²) in [5.41, 5.74) is -1.46. The number of fused-ring (bicyclic) bond motifs is 7. The lowest BCUT2D eigenvalue weighted by Gasteiger charge is -2.46. The Morgan fingerprint density at radius 1 is 1.09 bits per heavy atom. The van der Waals surface area contributed by atoms with Crippen molar-refractivity contribution < 1.29 is 41.7 Å². The fraction of sp³-hybridized carbons (Fsp3) is 0.512. The van der Waals surface area contributed by atoms with Crippen LogP contribution in [0.3, 0.4) is 0 Å². The number of carbonyl (C=O) groups excluding carboxylic acids is 1. The number of terminal acetylenes is 1. The van der Waals surface area contributed by atoms with Gasteiger partial charge in [-0.3, -0.25) is 9.80 Å². The van der Waals surface area contributed by atoms with Crippen molar-refractivity contribution in [3.05, 3.63) is 41.5 Å². The van der Waals surface area contributed by atoms with Crippen molar-refractivity contribution in [2.24, 2.45) is 0 Å². The number of piperazine rings is 1. The molecule has 4 aromatic rings. The Bertz CT molecular complexity index is 2300. The third-order valence-electron chi connectivity index (χ3n) is 11.8. The average molecular weight is 773 g/mol. The van der Waals surface area contributed by atoms with Crippen molar-refractivity contribution in [1.29, 1.82) is 0 Å². The maximum absolute atomic E-state index is 17.5. The van der Waals surface area contributed by atoms with Crippen LogP contribution in [0.2, 0.25) is 0 Å². The number of halogens is 3. The van der Waals surface area contributed by atoms with E-state index in [9.17, 15) is 9.18 Å². The first kappa shape index (κ1) is 36.6. The Hall–Kier alpha value is -5.07. The normalized spacial score (nSPS) is 25.5. The van der Waals surface area contributed by atoms with E-state index in [1.807, 2.05) is 25.7 Å². The molecule has 4 fully saturated rings. The molecule has 2 aromatic carbocycles.